The molecule has 3 amide bonds. The summed E-state index contributed by atoms with van der Waals surface area (Å²) < 4.78 is 0. The maximum atomic E-state index is 13.8. The summed E-state index contributed by atoms with van der Waals surface area (Å²) in [6.07, 6.45) is 4.38. The Morgan fingerprint density at radius 1 is 0.884 bits per heavy atom. The Morgan fingerprint density at radius 3 is 2.12 bits per heavy atom. The lowest BCUT2D eigenvalue weighted by atomic mass is 10.00. The van der Waals surface area contributed by atoms with E-state index in [0.717, 1.165) is 16.5 Å². The van der Waals surface area contributed by atoms with E-state index >= 15 is 0 Å². The lowest BCUT2D eigenvalue weighted by Gasteiger charge is -2.25. The van der Waals surface area contributed by atoms with Crippen molar-refractivity contribution >= 4 is 46.4 Å². The number of carboxylic acid groups (broad SMARTS) is 1. The summed E-state index contributed by atoms with van der Waals surface area (Å²) in [4.78, 5) is 55.3. The number of aliphatic carboxylic acids is 1. The summed E-state index contributed by atoms with van der Waals surface area (Å²) in [5, 5.41) is 28.3. The second kappa shape index (κ2) is 16.0. The Balaban J connectivity index is 1.89. The molecule has 0 spiro atoms. The van der Waals surface area contributed by atoms with Gasteiger partial charge in [0.2, 0.25) is 17.7 Å². The Kier molecular flexibility index (Phi) is 12.4. The number of nitrogens with one attached hydrogen (secondary N) is 4. The number of carbonyl (C=O) groups is 4. The number of hydrogen-bond donors (Lipinski definition) is 7. The average Bonchev–Trinajstić information content (AvgIpc) is 3.37. The summed E-state index contributed by atoms with van der Waals surface area (Å²) in [5.74, 6) is -2.25. The van der Waals surface area contributed by atoms with Crippen LogP contribution in [0.25, 0.3) is 10.9 Å². The molecule has 0 aliphatic heterocycles. The monoisotopic (exact) mass is 611 g/mol. The fraction of sp³-hybridized carbons (Fsp3) is 0.419. The Hall–Kier alpha value is -4.03. The van der Waals surface area contributed by atoms with Gasteiger partial charge >= 0.3 is 5.97 Å². The van der Waals surface area contributed by atoms with E-state index in [1.165, 1.54) is 23.9 Å². The van der Waals surface area contributed by atoms with Crippen LogP contribution in [0.1, 0.15) is 37.8 Å². The molecule has 0 fully saturated rings. The van der Waals surface area contributed by atoms with Crippen molar-refractivity contribution in [2.45, 2.75) is 63.7 Å². The molecule has 0 bridgehead atoms. The minimum absolute atomic E-state index is 0.0212. The van der Waals surface area contributed by atoms with Crippen molar-refractivity contribution in [1.29, 1.82) is 0 Å². The SMILES string of the molecule is CSCCC(NC(=O)C(Cc1ccc(O)cc1)NC(=O)C(Cc1c[nH]c2ccccc12)NC(=O)C(N)CC(C)C)C(=O)O. The summed E-state index contributed by atoms with van der Waals surface area (Å²) in [6, 6.07) is 9.49. The van der Waals surface area contributed by atoms with Gasteiger partial charge in [-0.2, -0.15) is 11.8 Å². The van der Waals surface area contributed by atoms with Crippen LogP contribution < -0.4 is 21.7 Å². The van der Waals surface area contributed by atoms with E-state index in [4.69, 9.17) is 5.73 Å². The average molecular weight is 612 g/mol. The van der Waals surface area contributed by atoms with Crippen LogP contribution in [0.3, 0.4) is 0 Å². The van der Waals surface area contributed by atoms with Crippen molar-refractivity contribution in [2.24, 2.45) is 11.7 Å². The molecule has 1 heterocycles. The first-order valence-corrected chi connectivity index (χ1v) is 15.6. The Morgan fingerprint density at radius 2 is 1.49 bits per heavy atom. The number of para-hydroxylation sites is 1. The van der Waals surface area contributed by atoms with Gasteiger partial charge in [0.25, 0.3) is 0 Å². The Bertz CT molecular complexity index is 1390. The van der Waals surface area contributed by atoms with Crippen molar-refractivity contribution in [3.05, 3.63) is 65.9 Å². The highest BCUT2D eigenvalue weighted by atomic mass is 32.2. The smallest absolute Gasteiger partial charge is 0.326 e. The molecule has 0 saturated carbocycles. The van der Waals surface area contributed by atoms with Gasteiger partial charge in [-0.25, -0.2) is 4.79 Å². The normalized spacial score (nSPS) is 14.1. The number of rotatable bonds is 16. The molecule has 8 N–H and O–H groups in total. The number of phenolic OH excluding ortho intramolecular Hbond substituents is 1. The fourth-order valence-corrected chi connectivity index (χ4v) is 5.21. The van der Waals surface area contributed by atoms with Crippen molar-refractivity contribution in [1.82, 2.24) is 20.9 Å². The first-order valence-electron chi connectivity index (χ1n) is 14.2. The van der Waals surface area contributed by atoms with Gasteiger partial charge in [-0.05, 0) is 60.1 Å². The number of carboxylic acids is 1. The van der Waals surface area contributed by atoms with Crippen LogP contribution in [0.15, 0.2) is 54.7 Å². The second-order valence-electron chi connectivity index (χ2n) is 11.0. The molecule has 0 saturated heterocycles. The topological polar surface area (TPSA) is 187 Å². The molecule has 0 radical (unpaired) electrons. The summed E-state index contributed by atoms with van der Waals surface area (Å²) >= 11 is 1.45. The molecule has 12 heteroatoms. The summed E-state index contributed by atoms with van der Waals surface area (Å²) in [7, 11) is 0. The third-order valence-electron chi connectivity index (χ3n) is 7.03. The number of phenols is 1. The molecule has 4 unspecified atom stereocenters. The maximum Gasteiger partial charge on any atom is 0.326 e. The zero-order valence-electron chi connectivity index (χ0n) is 24.6. The predicted molar refractivity (Wildman–Crippen MR) is 168 cm³/mol. The standard InChI is InChI=1S/C31H41N5O6S/c1-18(2)14-23(32)28(38)35-27(16-20-17-33-24-7-5-4-6-22(20)24)30(40)36-26(15-19-8-10-21(37)11-9-19)29(39)34-25(31(41)42)12-13-43-3/h4-11,17-18,23,25-27,33,37H,12-16,32H2,1-3H3,(H,34,39)(H,35,38)(H,36,40)(H,41,42). The zero-order valence-corrected chi connectivity index (χ0v) is 25.4. The summed E-state index contributed by atoms with van der Waals surface area (Å²) in [5.41, 5.74) is 8.41. The van der Waals surface area contributed by atoms with Crippen LogP contribution in [0, 0.1) is 5.92 Å². The lowest BCUT2D eigenvalue weighted by Crippen LogP contribution is -2.58. The molecule has 43 heavy (non-hydrogen) atoms. The van der Waals surface area contributed by atoms with Crippen molar-refractivity contribution in [3.8, 4) is 5.75 Å². The van der Waals surface area contributed by atoms with Gasteiger partial charge in [-0.3, -0.25) is 14.4 Å². The number of nitrogens with two attached hydrogens (primary N) is 1. The van der Waals surface area contributed by atoms with E-state index in [1.54, 1.807) is 18.3 Å². The zero-order chi connectivity index (χ0) is 31.5. The van der Waals surface area contributed by atoms with E-state index in [1.807, 2.05) is 44.4 Å². The van der Waals surface area contributed by atoms with Crippen molar-refractivity contribution < 1.29 is 29.4 Å². The minimum Gasteiger partial charge on any atom is -0.508 e. The summed E-state index contributed by atoms with van der Waals surface area (Å²) in [6.45, 7) is 3.89. The Labute approximate surface area is 255 Å². The third kappa shape index (κ3) is 10.0. The van der Waals surface area contributed by atoms with Crippen LogP contribution >= 0.6 is 11.8 Å². The van der Waals surface area contributed by atoms with Crippen LogP contribution in [0.4, 0.5) is 0 Å². The van der Waals surface area contributed by atoms with Gasteiger partial charge in [0, 0.05) is 29.9 Å². The fourth-order valence-electron chi connectivity index (χ4n) is 4.74. The van der Waals surface area contributed by atoms with Crippen molar-refractivity contribution in [3.63, 3.8) is 0 Å². The molecule has 0 aliphatic rings. The molecule has 3 aromatic rings. The van der Waals surface area contributed by atoms with E-state index < -0.39 is 47.9 Å². The molecule has 11 nitrogen and oxygen atoms in total. The highest BCUT2D eigenvalue weighted by Gasteiger charge is 2.31. The number of aromatic hydroxyl groups is 1. The highest BCUT2D eigenvalue weighted by molar-refractivity contribution is 7.98. The molecule has 1 aromatic heterocycles. The number of benzene rings is 2. The molecular formula is C31H41N5O6S. The van der Waals surface area contributed by atoms with E-state index in [2.05, 4.69) is 20.9 Å². The lowest BCUT2D eigenvalue weighted by molar-refractivity contribution is -0.142. The largest absolute Gasteiger partial charge is 0.508 e. The molecule has 3 rings (SSSR count). The molecular weight excluding hydrogens is 570 g/mol. The number of fused-ring (bicyclic) bond motifs is 1. The van der Waals surface area contributed by atoms with Gasteiger partial charge < -0.3 is 36.9 Å². The number of thioether (sulfide) groups is 1. The van der Waals surface area contributed by atoms with Gasteiger partial charge in [0.05, 0.1) is 6.04 Å². The number of amides is 3. The number of H-pyrrole nitrogens is 1. The molecule has 2 aromatic carbocycles. The quantitative estimate of drug-likeness (QED) is 0.129. The van der Waals surface area contributed by atoms with E-state index in [-0.39, 0.29) is 30.9 Å². The first kappa shape index (κ1) is 33.5. The van der Waals surface area contributed by atoms with Crippen molar-refractivity contribution in [2.75, 3.05) is 12.0 Å². The highest BCUT2D eigenvalue weighted by Crippen LogP contribution is 2.20. The van der Waals surface area contributed by atoms with Crippen LogP contribution in [-0.2, 0) is 32.0 Å². The van der Waals surface area contributed by atoms with Crippen LogP contribution in [0.2, 0.25) is 0 Å². The second-order valence-corrected chi connectivity index (χ2v) is 12.0. The first-order chi connectivity index (χ1) is 20.5. The minimum atomic E-state index is -1.18. The maximum absolute atomic E-state index is 13.8. The van der Waals surface area contributed by atoms with E-state index in [9.17, 15) is 29.4 Å². The number of hydrogen-bond acceptors (Lipinski definition) is 7. The number of aromatic nitrogens is 1. The number of carbonyl (C=O) groups excluding carboxylic acids is 3. The molecule has 4 atom stereocenters. The van der Waals surface area contributed by atoms with Gasteiger partial charge in [-0.15, -0.1) is 0 Å². The van der Waals surface area contributed by atoms with Gasteiger partial charge in [0.1, 0.15) is 23.9 Å². The predicted octanol–water partition coefficient (Wildman–Crippen LogP) is 2.32. The molecule has 0 aliphatic carbocycles. The number of aromatic amines is 1. The van der Waals surface area contributed by atoms with Gasteiger partial charge in [0.15, 0.2) is 0 Å². The molecule has 232 valence electrons. The third-order valence-corrected chi connectivity index (χ3v) is 7.67. The van der Waals surface area contributed by atoms with Crippen LogP contribution in [0.5, 0.6) is 5.75 Å². The van der Waals surface area contributed by atoms with Gasteiger partial charge in [-0.1, -0.05) is 44.2 Å². The van der Waals surface area contributed by atoms with E-state index in [0.29, 0.717) is 17.7 Å². The van der Waals surface area contributed by atoms with Crippen LogP contribution in [-0.4, -0.2) is 75.1 Å².